The van der Waals surface area contributed by atoms with Crippen molar-refractivity contribution in [3.05, 3.63) is 30.1 Å². The molecule has 1 aliphatic heterocycles. The highest BCUT2D eigenvalue weighted by Gasteiger charge is 2.11. The van der Waals surface area contributed by atoms with Gasteiger partial charge in [-0.15, -0.1) is 0 Å². The van der Waals surface area contributed by atoms with Gasteiger partial charge in [-0.25, -0.2) is 4.98 Å². The number of nitrogens with zero attached hydrogens (tertiary/aromatic N) is 1. The normalized spacial score (nSPS) is 20.3. The highest BCUT2D eigenvalue weighted by Crippen LogP contribution is 2.12. The van der Waals surface area contributed by atoms with E-state index in [0.717, 1.165) is 30.5 Å². The Hall–Kier alpha value is -1.39. The minimum Gasteiger partial charge on any atom is -0.345 e. The van der Waals surface area contributed by atoms with Crippen LogP contribution >= 0.6 is 0 Å². The van der Waals surface area contributed by atoms with Crippen LogP contribution in [0.1, 0.15) is 18.4 Å². The lowest BCUT2D eigenvalue weighted by Crippen LogP contribution is -2.43. The second kappa shape index (κ2) is 5.50. The molecule has 96 valence electrons. The van der Waals surface area contributed by atoms with Gasteiger partial charge in [0.25, 0.3) is 0 Å². The van der Waals surface area contributed by atoms with Crippen LogP contribution in [0, 0.1) is 0 Å². The topological polar surface area (TPSA) is 52.7 Å². The average molecular weight is 244 g/mol. The number of nitrogens with one attached hydrogen (secondary N) is 3. The first-order valence-corrected chi connectivity index (χ1v) is 6.78. The van der Waals surface area contributed by atoms with Gasteiger partial charge in [-0.3, -0.25) is 0 Å². The number of aromatic nitrogens is 2. The van der Waals surface area contributed by atoms with Gasteiger partial charge in [-0.1, -0.05) is 6.07 Å². The van der Waals surface area contributed by atoms with Crippen LogP contribution in [0.15, 0.2) is 24.5 Å². The predicted octanol–water partition coefficient (Wildman–Crippen LogP) is 1.45. The summed E-state index contributed by atoms with van der Waals surface area (Å²) in [6, 6.07) is 7.10. The molecule has 1 fully saturated rings. The van der Waals surface area contributed by atoms with Gasteiger partial charge in [0.05, 0.1) is 17.4 Å². The van der Waals surface area contributed by atoms with Gasteiger partial charge >= 0.3 is 0 Å². The molecular weight excluding hydrogens is 224 g/mol. The lowest BCUT2D eigenvalue weighted by atomic mass is 10.1. The molecule has 1 saturated heterocycles. The summed E-state index contributed by atoms with van der Waals surface area (Å²) in [7, 11) is 0. The van der Waals surface area contributed by atoms with Crippen molar-refractivity contribution < 1.29 is 0 Å². The SMILES string of the molecule is c1nc2ccc(CCNC3CCCNC3)cc2[nH]1. The number of fused-ring (bicyclic) bond motifs is 1. The lowest BCUT2D eigenvalue weighted by molar-refractivity contribution is 0.392. The molecule has 1 unspecified atom stereocenters. The maximum absolute atomic E-state index is 4.23. The minimum atomic E-state index is 0.648. The van der Waals surface area contributed by atoms with E-state index in [4.69, 9.17) is 0 Å². The minimum absolute atomic E-state index is 0.648. The predicted molar refractivity (Wildman–Crippen MR) is 73.7 cm³/mol. The summed E-state index contributed by atoms with van der Waals surface area (Å²) >= 11 is 0. The first-order chi connectivity index (χ1) is 8.92. The van der Waals surface area contributed by atoms with Crippen LogP contribution in [-0.4, -0.2) is 35.6 Å². The van der Waals surface area contributed by atoms with Gasteiger partial charge in [-0.05, 0) is 50.0 Å². The molecule has 0 saturated carbocycles. The third kappa shape index (κ3) is 2.71. The second-order valence-electron chi connectivity index (χ2n) is 5.00. The summed E-state index contributed by atoms with van der Waals surface area (Å²) in [6.07, 6.45) is 5.41. The number of imidazole rings is 1. The Morgan fingerprint density at radius 3 is 3.28 bits per heavy atom. The number of aromatic amines is 1. The molecule has 4 nitrogen and oxygen atoms in total. The first kappa shape index (κ1) is 11.7. The van der Waals surface area contributed by atoms with Gasteiger partial charge in [-0.2, -0.15) is 0 Å². The zero-order valence-corrected chi connectivity index (χ0v) is 10.6. The van der Waals surface area contributed by atoms with Crippen molar-refractivity contribution in [2.24, 2.45) is 0 Å². The average Bonchev–Trinajstić information content (AvgIpc) is 2.87. The fourth-order valence-electron chi connectivity index (χ4n) is 2.58. The van der Waals surface area contributed by atoms with E-state index in [9.17, 15) is 0 Å². The van der Waals surface area contributed by atoms with E-state index in [0.29, 0.717) is 6.04 Å². The van der Waals surface area contributed by atoms with E-state index >= 15 is 0 Å². The molecule has 4 heteroatoms. The largest absolute Gasteiger partial charge is 0.345 e. The van der Waals surface area contributed by atoms with Crippen molar-refractivity contribution in [2.75, 3.05) is 19.6 Å². The van der Waals surface area contributed by atoms with Crippen molar-refractivity contribution >= 4 is 11.0 Å². The molecule has 0 radical (unpaired) electrons. The van der Waals surface area contributed by atoms with Crippen molar-refractivity contribution in [1.82, 2.24) is 20.6 Å². The Balaban J connectivity index is 1.52. The Labute approximate surface area is 107 Å². The Bertz CT molecular complexity index is 499. The van der Waals surface area contributed by atoms with Gasteiger partial charge in [0, 0.05) is 12.6 Å². The quantitative estimate of drug-likeness (QED) is 0.763. The molecule has 2 heterocycles. The fourth-order valence-corrected chi connectivity index (χ4v) is 2.58. The van der Waals surface area contributed by atoms with Crippen molar-refractivity contribution in [2.45, 2.75) is 25.3 Å². The van der Waals surface area contributed by atoms with Gasteiger partial charge in [0.1, 0.15) is 0 Å². The smallest absolute Gasteiger partial charge is 0.0931 e. The molecule has 3 N–H and O–H groups in total. The van der Waals surface area contributed by atoms with Gasteiger partial charge in [0.15, 0.2) is 0 Å². The number of H-pyrrole nitrogens is 1. The Kier molecular flexibility index (Phi) is 3.57. The summed E-state index contributed by atoms with van der Waals surface area (Å²) in [4.78, 5) is 7.39. The van der Waals surface area contributed by atoms with Crippen LogP contribution in [0.25, 0.3) is 11.0 Å². The molecule has 0 spiro atoms. The van der Waals surface area contributed by atoms with E-state index in [2.05, 4.69) is 38.8 Å². The molecule has 3 rings (SSSR count). The molecule has 0 amide bonds. The molecule has 0 bridgehead atoms. The van der Waals surface area contributed by atoms with Crippen molar-refractivity contribution in [3.8, 4) is 0 Å². The molecule has 1 aliphatic rings. The maximum Gasteiger partial charge on any atom is 0.0931 e. The maximum atomic E-state index is 4.23. The van der Waals surface area contributed by atoms with Crippen LogP contribution in [-0.2, 0) is 6.42 Å². The number of piperidine rings is 1. The molecule has 0 aliphatic carbocycles. The van der Waals surface area contributed by atoms with Crippen molar-refractivity contribution in [1.29, 1.82) is 0 Å². The molecule has 18 heavy (non-hydrogen) atoms. The molecule has 1 aromatic carbocycles. The van der Waals surface area contributed by atoms with E-state index in [1.807, 2.05) is 0 Å². The molecule has 1 atom stereocenters. The van der Waals surface area contributed by atoms with E-state index in [1.54, 1.807) is 6.33 Å². The van der Waals surface area contributed by atoms with Crippen molar-refractivity contribution in [3.63, 3.8) is 0 Å². The van der Waals surface area contributed by atoms with Gasteiger partial charge < -0.3 is 15.6 Å². The van der Waals surface area contributed by atoms with E-state index < -0.39 is 0 Å². The van der Waals surface area contributed by atoms with Crippen LogP contribution in [0.4, 0.5) is 0 Å². The van der Waals surface area contributed by atoms with Crippen LogP contribution in [0.5, 0.6) is 0 Å². The second-order valence-corrected chi connectivity index (χ2v) is 5.00. The third-order valence-corrected chi connectivity index (χ3v) is 3.63. The standard InChI is InChI=1S/C14H20N4/c1-2-12(9-15-6-1)16-7-5-11-3-4-13-14(8-11)18-10-17-13/h3-4,8,10,12,15-16H,1-2,5-7,9H2,(H,17,18). The zero-order valence-electron chi connectivity index (χ0n) is 10.6. The fraction of sp³-hybridized carbons (Fsp3) is 0.500. The number of rotatable bonds is 4. The third-order valence-electron chi connectivity index (χ3n) is 3.63. The van der Waals surface area contributed by atoms with Crippen LogP contribution in [0.2, 0.25) is 0 Å². The summed E-state index contributed by atoms with van der Waals surface area (Å²) in [5.74, 6) is 0. The highest BCUT2D eigenvalue weighted by atomic mass is 15.0. The van der Waals surface area contributed by atoms with E-state index in [-0.39, 0.29) is 0 Å². The summed E-state index contributed by atoms with van der Waals surface area (Å²) in [5.41, 5.74) is 3.54. The number of benzene rings is 1. The Morgan fingerprint density at radius 1 is 1.39 bits per heavy atom. The summed E-state index contributed by atoms with van der Waals surface area (Å²) < 4.78 is 0. The summed E-state index contributed by atoms with van der Waals surface area (Å²) in [6.45, 7) is 3.33. The molecular formula is C14H20N4. The van der Waals surface area contributed by atoms with E-state index in [1.165, 1.54) is 24.9 Å². The van der Waals surface area contributed by atoms with Crippen LogP contribution < -0.4 is 10.6 Å². The zero-order chi connectivity index (χ0) is 12.2. The number of hydrogen-bond donors (Lipinski definition) is 3. The molecule has 2 aromatic rings. The van der Waals surface area contributed by atoms with Gasteiger partial charge in [0.2, 0.25) is 0 Å². The molecule has 1 aromatic heterocycles. The number of hydrogen-bond acceptors (Lipinski definition) is 3. The first-order valence-electron chi connectivity index (χ1n) is 6.78. The highest BCUT2D eigenvalue weighted by molar-refractivity contribution is 5.75. The monoisotopic (exact) mass is 244 g/mol. The summed E-state index contributed by atoms with van der Waals surface area (Å²) in [5, 5.41) is 7.05. The van der Waals surface area contributed by atoms with Crippen LogP contribution in [0.3, 0.4) is 0 Å². The Morgan fingerprint density at radius 2 is 2.39 bits per heavy atom. The lowest BCUT2D eigenvalue weighted by Gasteiger charge is -2.23.